The zero-order valence-electron chi connectivity index (χ0n) is 17.9. The van der Waals surface area contributed by atoms with Crippen LogP contribution >= 0.6 is 11.8 Å². The monoisotopic (exact) mass is 416 g/mol. The molecule has 1 N–H and O–H groups in total. The highest BCUT2D eigenvalue weighted by atomic mass is 32.2. The number of aliphatic hydroxyl groups excluding tert-OH is 1. The maximum atomic E-state index is 9.62. The molecule has 1 saturated heterocycles. The summed E-state index contributed by atoms with van der Waals surface area (Å²) in [4.78, 5) is 13.7. The Morgan fingerprint density at radius 1 is 1.14 bits per heavy atom. The minimum Gasteiger partial charge on any atom is -0.496 e. The number of nitrogens with zero attached hydrogens (tertiary/aromatic N) is 4. The molecule has 29 heavy (non-hydrogen) atoms. The molecule has 2 heterocycles. The van der Waals surface area contributed by atoms with Gasteiger partial charge in [-0.15, -0.1) is 0 Å². The number of benzene rings is 1. The third-order valence-corrected chi connectivity index (χ3v) is 6.44. The molecule has 0 bridgehead atoms. The Morgan fingerprint density at radius 2 is 1.90 bits per heavy atom. The van der Waals surface area contributed by atoms with Crippen LogP contribution in [-0.4, -0.2) is 70.5 Å². The van der Waals surface area contributed by atoms with Crippen molar-refractivity contribution >= 4 is 11.8 Å². The van der Waals surface area contributed by atoms with Crippen LogP contribution in [0, 0.1) is 13.8 Å². The van der Waals surface area contributed by atoms with Crippen LogP contribution in [0.15, 0.2) is 29.7 Å². The number of methoxy groups -OCH3 is 1. The second-order valence-electron chi connectivity index (χ2n) is 7.63. The standard InChI is InChI=1S/C22H32N4O2S/c1-16-17(2)21(28-3)6-5-19(16)14-26-9-8-25(15-20(26)7-10-27)13-18-11-23-22(29-4)24-12-18/h5-6,11-12,20,27H,7-10,13-15H2,1-4H3. The molecule has 0 radical (unpaired) electrons. The number of aromatic nitrogens is 2. The molecule has 158 valence electrons. The van der Waals surface area contributed by atoms with Gasteiger partial charge in [-0.2, -0.15) is 0 Å². The van der Waals surface area contributed by atoms with E-state index in [0.717, 1.165) is 55.6 Å². The van der Waals surface area contributed by atoms with Crippen molar-refractivity contribution in [3.8, 4) is 5.75 Å². The molecule has 3 rings (SSSR count). The Hall–Kier alpha value is -1.67. The normalized spacial score (nSPS) is 18.2. The number of piperazine rings is 1. The van der Waals surface area contributed by atoms with E-state index < -0.39 is 0 Å². The van der Waals surface area contributed by atoms with Gasteiger partial charge in [-0.1, -0.05) is 17.8 Å². The second kappa shape index (κ2) is 10.4. The van der Waals surface area contributed by atoms with Crippen molar-refractivity contribution < 1.29 is 9.84 Å². The van der Waals surface area contributed by atoms with Crippen LogP contribution < -0.4 is 4.74 Å². The summed E-state index contributed by atoms with van der Waals surface area (Å²) >= 11 is 1.56. The molecule has 6 nitrogen and oxygen atoms in total. The molecule has 1 fully saturated rings. The highest BCUT2D eigenvalue weighted by Crippen LogP contribution is 2.26. The van der Waals surface area contributed by atoms with Gasteiger partial charge in [0.2, 0.25) is 0 Å². The van der Waals surface area contributed by atoms with Gasteiger partial charge in [0.15, 0.2) is 5.16 Å². The fourth-order valence-corrected chi connectivity index (χ4v) is 4.30. The van der Waals surface area contributed by atoms with Crippen molar-refractivity contribution in [1.82, 2.24) is 19.8 Å². The van der Waals surface area contributed by atoms with Gasteiger partial charge in [-0.05, 0) is 49.3 Å². The molecule has 1 atom stereocenters. The average Bonchev–Trinajstić information content (AvgIpc) is 2.74. The zero-order valence-corrected chi connectivity index (χ0v) is 18.7. The number of hydrogen-bond acceptors (Lipinski definition) is 7. The van der Waals surface area contributed by atoms with Crippen LogP contribution in [0.2, 0.25) is 0 Å². The Labute approximate surface area is 178 Å². The molecule has 0 amide bonds. The summed E-state index contributed by atoms with van der Waals surface area (Å²) in [5.41, 5.74) is 4.97. The first-order valence-corrected chi connectivity index (χ1v) is 11.3. The lowest BCUT2D eigenvalue weighted by Crippen LogP contribution is -2.52. The van der Waals surface area contributed by atoms with E-state index in [2.05, 4.69) is 45.7 Å². The summed E-state index contributed by atoms with van der Waals surface area (Å²) in [6, 6.07) is 4.57. The fraction of sp³-hybridized carbons (Fsp3) is 0.545. The summed E-state index contributed by atoms with van der Waals surface area (Å²) in [5.74, 6) is 0.942. The molecule has 1 aliphatic heterocycles. The summed E-state index contributed by atoms with van der Waals surface area (Å²) < 4.78 is 5.45. The van der Waals surface area contributed by atoms with Gasteiger partial charge in [0, 0.05) is 63.3 Å². The third kappa shape index (κ3) is 5.48. The van der Waals surface area contributed by atoms with E-state index in [1.807, 2.05) is 18.6 Å². The highest BCUT2D eigenvalue weighted by molar-refractivity contribution is 7.98. The smallest absolute Gasteiger partial charge is 0.187 e. The van der Waals surface area contributed by atoms with Gasteiger partial charge >= 0.3 is 0 Å². The van der Waals surface area contributed by atoms with Gasteiger partial charge < -0.3 is 9.84 Å². The minimum absolute atomic E-state index is 0.209. The highest BCUT2D eigenvalue weighted by Gasteiger charge is 2.27. The third-order valence-electron chi connectivity index (χ3n) is 5.86. The van der Waals surface area contributed by atoms with Crippen molar-refractivity contribution in [3.05, 3.63) is 46.8 Å². The van der Waals surface area contributed by atoms with Gasteiger partial charge in [0.05, 0.1) is 7.11 Å². The predicted molar refractivity (Wildman–Crippen MR) is 117 cm³/mol. The molecular formula is C22H32N4O2S. The summed E-state index contributed by atoms with van der Waals surface area (Å²) in [6.07, 6.45) is 6.62. The molecule has 0 saturated carbocycles. The first kappa shape index (κ1) is 22.0. The molecule has 1 aromatic carbocycles. The first-order valence-electron chi connectivity index (χ1n) is 10.1. The Morgan fingerprint density at radius 3 is 2.55 bits per heavy atom. The maximum absolute atomic E-state index is 9.62. The number of hydrogen-bond donors (Lipinski definition) is 1. The van der Waals surface area contributed by atoms with Crippen molar-refractivity contribution in [2.24, 2.45) is 0 Å². The van der Waals surface area contributed by atoms with E-state index >= 15 is 0 Å². The zero-order chi connectivity index (χ0) is 20.8. The molecule has 1 aromatic heterocycles. The van der Waals surface area contributed by atoms with E-state index in [-0.39, 0.29) is 6.61 Å². The van der Waals surface area contributed by atoms with Crippen LogP contribution in [0.5, 0.6) is 5.75 Å². The number of thioether (sulfide) groups is 1. The molecule has 1 unspecified atom stereocenters. The van der Waals surface area contributed by atoms with Gasteiger partial charge in [-0.3, -0.25) is 9.80 Å². The van der Waals surface area contributed by atoms with Crippen molar-refractivity contribution in [1.29, 1.82) is 0 Å². The molecule has 0 aliphatic carbocycles. The second-order valence-corrected chi connectivity index (χ2v) is 8.40. The Kier molecular flexibility index (Phi) is 7.89. The first-order chi connectivity index (χ1) is 14.0. The van der Waals surface area contributed by atoms with Crippen molar-refractivity contribution in [2.75, 3.05) is 39.6 Å². The lowest BCUT2D eigenvalue weighted by atomic mass is 10.00. The quantitative estimate of drug-likeness (QED) is 0.524. The minimum atomic E-state index is 0.209. The van der Waals surface area contributed by atoms with Crippen LogP contribution in [0.1, 0.15) is 28.7 Å². The van der Waals surface area contributed by atoms with E-state index in [0.29, 0.717) is 6.04 Å². The van der Waals surface area contributed by atoms with Gasteiger partial charge in [0.1, 0.15) is 5.75 Å². The summed E-state index contributed by atoms with van der Waals surface area (Å²) in [5, 5.41) is 10.4. The van der Waals surface area contributed by atoms with E-state index in [9.17, 15) is 5.11 Å². The number of rotatable bonds is 8. The molecule has 2 aromatic rings. The number of aliphatic hydroxyl groups is 1. The van der Waals surface area contributed by atoms with E-state index in [1.54, 1.807) is 18.9 Å². The largest absolute Gasteiger partial charge is 0.496 e. The number of ether oxygens (including phenoxy) is 1. The van der Waals surface area contributed by atoms with Crippen LogP contribution in [0.4, 0.5) is 0 Å². The van der Waals surface area contributed by atoms with Crippen LogP contribution in [-0.2, 0) is 13.1 Å². The molecule has 7 heteroatoms. The lowest BCUT2D eigenvalue weighted by molar-refractivity contribution is 0.0497. The van der Waals surface area contributed by atoms with Crippen LogP contribution in [0.25, 0.3) is 0 Å². The molecule has 0 spiro atoms. The van der Waals surface area contributed by atoms with Crippen molar-refractivity contribution in [3.63, 3.8) is 0 Å². The van der Waals surface area contributed by atoms with Crippen molar-refractivity contribution in [2.45, 2.75) is 44.6 Å². The molecule has 1 aliphatic rings. The fourth-order valence-electron chi connectivity index (χ4n) is 3.98. The summed E-state index contributed by atoms with van der Waals surface area (Å²) in [6.45, 7) is 9.18. The Balaban J connectivity index is 1.66. The molecular weight excluding hydrogens is 384 g/mol. The summed E-state index contributed by atoms with van der Waals surface area (Å²) in [7, 11) is 1.72. The average molecular weight is 417 g/mol. The topological polar surface area (TPSA) is 61.7 Å². The van der Waals surface area contributed by atoms with E-state index in [4.69, 9.17) is 4.74 Å². The lowest BCUT2D eigenvalue weighted by Gasteiger charge is -2.41. The predicted octanol–water partition coefficient (Wildman–Crippen LogP) is 2.89. The van der Waals surface area contributed by atoms with Crippen LogP contribution in [0.3, 0.4) is 0 Å². The van der Waals surface area contributed by atoms with E-state index in [1.165, 1.54) is 16.7 Å². The Bertz CT molecular complexity index is 800. The van der Waals surface area contributed by atoms with Gasteiger partial charge in [0.25, 0.3) is 0 Å². The maximum Gasteiger partial charge on any atom is 0.187 e. The SMILES string of the molecule is COc1ccc(CN2CCN(Cc3cnc(SC)nc3)CC2CCO)c(C)c1C. The van der Waals surface area contributed by atoms with Gasteiger partial charge in [-0.25, -0.2) is 9.97 Å².